The molecule has 1 heterocycles. The fourth-order valence-corrected chi connectivity index (χ4v) is 2.65. The maximum atomic E-state index is 10.9. The van der Waals surface area contributed by atoms with Crippen LogP contribution >= 0.6 is 0 Å². The average Bonchev–Trinajstić information content (AvgIpc) is 3.21. The minimum atomic E-state index is -1.15. The zero-order valence-electron chi connectivity index (χ0n) is 16.2. The molecule has 3 aromatic rings. The van der Waals surface area contributed by atoms with Crippen LogP contribution in [0, 0.1) is 17.0 Å². The molecule has 0 fully saturated rings. The van der Waals surface area contributed by atoms with Crippen LogP contribution in [0.15, 0.2) is 57.9 Å². The molecule has 0 radical (unpaired) electrons. The summed E-state index contributed by atoms with van der Waals surface area (Å²) in [5, 5.41) is 19.7. The van der Waals surface area contributed by atoms with Gasteiger partial charge in [-0.1, -0.05) is 0 Å². The highest BCUT2D eigenvalue weighted by atomic mass is 16.6. The molecule has 2 aromatic carbocycles. The van der Waals surface area contributed by atoms with E-state index >= 15 is 0 Å². The first-order valence-corrected chi connectivity index (χ1v) is 8.79. The lowest BCUT2D eigenvalue weighted by molar-refractivity contribution is -0.384. The molecule has 0 saturated heterocycles. The first-order chi connectivity index (χ1) is 14.4. The summed E-state index contributed by atoms with van der Waals surface area (Å²) >= 11 is 0. The standard InChI is InChI=1S/C21H18N2O7/c1-13-9-15(23(26)27)4-6-17(13)22-11-14-3-7-18(20(10-14)28-2)29-12-16-5-8-19(30-16)21(24)25/h3-11H,12H2,1-2H3,(H,24,25). The molecule has 0 aliphatic carbocycles. The fourth-order valence-electron chi connectivity index (χ4n) is 2.65. The maximum absolute atomic E-state index is 10.9. The van der Waals surface area contributed by atoms with Gasteiger partial charge >= 0.3 is 5.97 Å². The van der Waals surface area contributed by atoms with Gasteiger partial charge in [0.15, 0.2) is 11.5 Å². The molecule has 9 heteroatoms. The normalized spacial score (nSPS) is 10.9. The molecular formula is C21H18N2O7. The molecule has 1 aromatic heterocycles. The van der Waals surface area contributed by atoms with Gasteiger partial charge in [-0.05, 0) is 54.4 Å². The van der Waals surface area contributed by atoms with Crippen molar-refractivity contribution in [2.75, 3.05) is 7.11 Å². The Balaban J connectivity index is 1.72. The number of aliphatic imine (C=N–C) groups is 1. The second kappa shape index (κ2) is 8.91. The Bertz CT molecular complexity index is 1120. The summed E-state index contributed by atoms with van der Waals surface area (Å²) in [5.74, 6) is -0.0213. The number of hydrogen-bond acceptors (Lipinski definition) is 7. The van der Waals surface area contributed by atoms with E-state index in [1.807, 2.05) is 0 Å². The number of carbonyl (C=O) groups is 1. The van der Waals surface area contributed by atoms with E-state index in [2.05, 4.69) is 4.99 Å². The quantitative estimate of drug-likeness (QED) is 0.328. The van der Waals surface area contributed by atoms with Crippen LogP contribution in [-0.4, -0.2) is 29.3 Å². The molecular weight excluding hydrogens is 392 g/mol. The smallest absolute Gasteiger partial charge is 0.371 e. The topological polar surface area (TPSA) is 124 Å². The van der Waals surface area contributed by atoms with Crippen LogP contribution in [0.4, 0.5) is 11.4 Å². The SMILES string of the molecule is COc1cc(C=Nc2ccc([N+](=O)[O-])cc2C)ccc1OCc1ccc(C(=O)O)o1. The lowest BCUT2D eigenvalue weighted by Crippen LogP contribution is -1.98. The largest absolute Gasteiger partial charge is 0.493 e. The minimum absolute atomic E-state index is 0.0154. The molecule has 0 atom stereocenters. The van der Waals surface area contributed by atoms with Crippen molar-refractivity contribution in [2.45, 2.75) is 13.5 Å². The Labute approximate surface area is 171 Å². The molecule has 30 heavy (non-hydrogen) atoms. The van der Waals surface area contributed by atoms with Gasteiger partial charge in [0, 0.05) is 18.3 Å². The molecule has 9 nitrogen and oxygen atoms in total. The van der Waals surface area contributed by atoms with Crippen molar-refractivity contribution < 1.29 is 28.7 Å². The van der Waals surface area contributed by atoms with E-state index in [-0.39, 0.29) is 18.1 Å². The maximum Gasteiger partial charge on any atom is 0.371 e. The van der Waals surface area contributed by atoms with Gasteiger partial charge in [0.2, 0.25) is 5.76 Å². The van der Waals surface area contributed by atoms with Crippen molar-refractivity contribution in [1.29, 1.82) is 0 Å². The number of methoxy groups -OCH3 is 1. The second-order valence-corrected chi connectivity index (χ2v) is 6.26. The molecule has 154 valence electrons. The van der Waals surface area contributed by atoms with Crippen molar-refractivity contribution in [3.05, 3.63) is 81.3 Å². The Morgan fingerprint density at radius 3 is 2.63 bits per heavy atom. The monoisotopic (exact) mass is 410 g/mol. The van der Waals surface area contributed by atoms with Crippen LogP contribution in [-0.2, 0) is 6.61 Å². The van der Waals surface area contributed by atoms with Gasteiger partial charge in [-0.3, -0.25) is 15.1 Å². The van der Waals surface area contributed by atoms with Crippen LogP contribution in [0.2, 0.25) is 0 Å². The Morgan fingerprint density at radius 1 is 1.20 bits per heavy atom. The minimum Gasteiger partial charge on any atom is -0.493 e. The number of nitro benzene ring substituents is 1. The first-order valence-electron chi connectivity index (χ1n) is 8.79. The van der Waals surface area contributed by atoms with Crippen molar-refractivity contribution in [1.82, 2.24) is 0 Å². The number of carboxylic acid groups (broad SMARTS) is 1. The Hall–Kier alpha value is -4.14. The Kier molecular flexibility index (Phi) is 6.11. The number of non-ortho nitro benzene ring substituents is 1. The lowest BCUT2D eigenvalue weighted by Gasteiger charge is -2.10. The summed E-state index contributed by atoms with van der Waals surface area (Å²) in [6.07, 6.45) is 1.62. The fraction of sp³-hybridized carbons (Fsp3) is 0.143. The van der Waals surface area contributed by atoms with E-state index < -0.39 is 10.9 Å². The van der Waals surface area contributed by atoms with E-state index in [4.69, 9.17) is 19.0 Å². The average molecular weight is 410 g/mol. The molecule has 0 bridgehead atoms. The number of nitro groups is 1. The highest BCUT2D eigenvalue weighted by molar-refractivity contribution is 5.84. The van der Waals surface area contributed by atoms with E-state index in [0.717, 1.165) is 5.56 Å². The predicted octanol–water partition coefficient (Wildman–Crippen LogP) is 4.53. The number of benzene rings is 2. The predicted molar refractivity (Wildman–Crippen MR) is 108 cm³/mol. The van der Waals surface area contributed by atoms with E-state index in [9.17, 15) is 14.9 Å². The van der Waals surface area contributed by atoms with Crippen molar-refractivity contribution >= 4 is 23.6 Å². The lowest BCUT2D eigenvalue weighted by atomic mass is 10.1. The van der Waals surface area contributed by atoms with E-state index in [1.165, 1.54) is 31.4 Å². The van der Waals surface area contributed by atoms with Crippen molar-refractivity contribution in [2.24, 2.45) is 4.99 Å². The molecule has 0 saturated carbocycles. The van der Waals surface area contributed by atoms with Crippen LogP contribution in [0.5, 0.6) is 11.5 Å². The summed E-state index contributed by atoms with van der Waals surface area (Å²) in [7, 11) is 1.50. The second-order valence-electron chi connectivity index (χ2n) is 6.26. The van der Waals surface area contributed by atoms with Gasteiger partial charge in [0.25, 0.3) is 5.69 Å². The molecule has 0 unspecified atom stereocenters. The van der Waals surface area contributed by atoms with Gasteiger partial charge in [-0.2, -0.15) is 0 Å². The number of ether oxygens (including phenoxy) is 2. The number of aryl methyl sites for hydroxylation is 1. The van der Waals surface area contributed by atoms with Crippen LogP contribution < -0.4 is 9.47 Å². The van der Waals surface area contributed by atoms with E-state index in [0.29, 0.717) is 28.5 Å². The first kappa shape index (κ1) is 20.6. The summed E-state index contributed by atoms with van der Waals surface area (Å²) in [6.45, 7) is 1.79. The molecule has 0 amide bonds. The highest BCUT2D eigenvalue weighted by Crippen LogP contribution is 2.29. The van der Waals surface area contributed by atoms with Gasteiger partial charge in [0.1, 0.15) is 12.4 Å². The number of nitrogens with zero attached hydrogens (tertiary/aromatic N) is 2. The van der Waals surface area contributed by atoms with Crippen LogP contribution in [0.1, 0.15) is 27.4 Å². The number of carboxylic acids is 1. The summed E-state index contributed by atoms with van der Waals surface area (Å²) in [4.78, 5) is 25.6. The molecule has 3 rings (SSSR count). The van der Waals surface area contributed by atoms with Crippen LogP contribution in [0.3, 0.4) is 0 Å². The molecule has 1 N–H and O–H groups in total. The third kappa shape index (κ3) is 4.82. The Morgan fingerprint density at radius 2 is 2.00 bits per heavy atom. The molecule has 0 aliphatic rings. The molecule has 0 aliphatic heterocycles. The summed E-state index contributed by atoms with van der Waals surface area (Å²) in [6, 6.07) is 12.5. The zero-order chi connectivity index (χ0) is 21.7. The van der Waals surface area contributed by atoms with Crippen molar-refractivity contribution in [3.8, 4) is 11.5 Å². The van der Waals surface area contributed by atoms with Gasteiger partial charge in [-0.25, -0.2) is 4.79 Å². The number of aromatic carboxylic acids is 1. The van der Waals surface area contributed by atoms with Gasteiger partial charge in [0.05, 0.1) is 17.7 Å². The van der Waals surface area contributed by atoms with Crippen LogP contribution in [0.25, 0.3) is 0 Å². The summed E-state index contributed by atoms with van der Waals surface area (Å²) < 4.78 is 16.2. The zero-order valence-corrected chi connectivity index (χ0v) is 16.2. The van der Waals surface area contributed by atoms with Crippen molar-refractivity contribution in [3.63, 3.8) is 0 Å². The third-order valence-electron chi connectivity index (χ3n) is 4.17. The number of hydrogen-bond donors (Lipinski definition) is 1. The van der Waals surface area contributed by atoms with E-state index in [1.54, 1.807) is 37.4 Å². The third-order valence-corrected chi connectivity index (χ3v) is 4.17. The number of furan rings is 1. The number of rotatable bonds is 8. The summed E-state index contributed by atoms with van der Waals surface area (Å²) in [5.41, 5.74) is 2.06. The molecule has 0 spiro atoms. The van der Waals surface area contributed by atoms with Gasteiger partial charge in [-0.15, -0.1) is 0 Å². The highest BCUT2D eigenvalue weighted by Gasteiger charge is 2.11. The van der Waals surface area contributed by atoms with Gasteiger partial charge < -0.3 is 19.0 Å².